The van der Waals surface area contributed by atoms with Crippen LogP contribution in [-0.2, 0) is 9.53 Å². The first kappa shape index (κ1) is 15.8. The summed E-state index contributed by atoms with van der Waals surface area (Å²) in [4.78, 5) is 15.7. The van der Waals surface area contributed by atoms with Gasteiger partial charge < -0.3 is 15.0 Å². The van der Waals surface area contributed by atoms with Crippen LogP contribution < -0.4 is 5.32 Å². The van der Waals surface area contributed by atoms with Crippen LogP contribution in [0.15, 0.2) is 17.5 Å². The molecule has 2 fully saturated rings. The number of nitrogens with one attached hydrogen (secondary N) is 1. The summed E-state index contributed by atoms with van der Waals surface area (Å²) in [6.45, 7) is 3.02. The fraction of sp³-hybridized carbons (Fsp3) is 0.643. The normalized spacial score (nSPS) is 26.9. The summed E-state index contributed by atoms with van der Waals surface area (Å²) in [6, 6.07) is 4.14. The highest BCUT2D eigenvalue weighted by molar-refractivity contribution is 7.10. The van der Waals surface area contributed by atoms with Crippen molar-refractivity contribution in [1.29, 1.82) is 0 Å². The van der Waals surface area contributed by atoms with E-state index in [1.807, 2.05) is 11.0 Å². The Morgan fingerprint density at radius 3 is 3.05 bits per heavy atom. The van der Waals surface area contributed by atoms with Gasteiger partial charge in [0.05, 0.1) is 19.2 Å². The topological polar surface area (TPSA) is 41.6 Å². The molecule has 3 rings (SSSR count). The Hall–Kier alpha value is -0.620. The van der Waals surface area contributed by atoms with E-state index in [-0.39, 0.29) is 30.5 Å². The van der Waals surface area contributed by atoms with Crippen molar-refractivity contribution < 1.29 is 9.53 Å². The van der Waals surface area contributed by atoms with Crippen LogP contribution in [0.2, 0.25) is 0 Å². The molecule has 1 aromatic heterocycles. The zero-order chi connectivity index (χ0) is 13.1. The Bertz CT molecular complexity index is 421. The van der Waals surface area contributed by atoms with E-state index in [9.17, 15) is 4.79 Å². The standard InChI is InChI=1S/C14H20N2O2S.ClH/c17-14(11-4-1-2-6-15-11)16-7-8-18-12(10-16)13-5-3-9-19-13;/h3,5,9,11-12,15H,1-2,4,6-8,10H2;1H. The van der Waals surface area contributed by atoms with E-state index >= 15 is 0 Å². The summed E-state index contributed by atoms with van der Waals surface area (Å²) in [5.41, 5.74) is 0. The molecule has 112 valence electrons. The van der Waals surface area contributed by atoms with E-state index in [2.05, 4.69) is 16.8 Å². The SMILES string of the molecule is Cl.O=C(C1CCCCN1)N1CCOC(c2cccs2)C1. The van der Waals surface area contributed by atoms with Gasteiger partial charge >= 0.3 is 0 Å². The van der Waals surface area contributed by atoms with Crippen LogP contribution in [0.1, 0.15) is 30.2 Å². The summed E-state index contributed by atoms with van der Waals surface area (Å²) in [5, 5.41) is 5.39. The maximum Gasteiger partial charge on any atom is 0.239 e. The number of ether oxygens (including phenoxy) is 1. The first-order valence-corrected chi connectivity index (χ1v) is 7.90. The van der Waals surface area contributed by atoms with Gasteiger partial charge in [-0.1, -0.05) is 12.5 Å². The zero-order valence-corrected chi connectivity index (χ0v) is 13.0. The molecule has 0 spiro atoms. The molecule has 0 aromatic carbocycles. The van der Waals surface area contributed by atoms with Crippen molar-refractivity contribution in [3.05, 3.63) is 22.4 Å². The van der Waals surface area contributed by atoms with E-state index in [0.717, 1.165) is 25.9 Å². The molecule has 0 bridgehead atoms. The molecule has 2 aliphatic heterocycles. The monoisotopic (exact) mass is 316 g/mol. The second-order valence-corrected chi connectivity index (χ2v) is 6.14. The van der Waals surface area contributed by atoms with Crippen LogP contribution in [0.25, 0.3) is 0 Å². The van der Waals surface area contributed by atoms with Crippen LogP contribution in [0.5, 0.6) is 0 Å². The van der Waals surface area contributed by atoms with Gasteiger partial charge in [0, 0.05) is 11.4 Å². The third kappa shape index (κ3) is 3.52. The van der Waals surface area contributed by atoms with Gasteiger partial charge in [-0.15, -0.1) is 23.7 Å². The molecule has 2 unspecified atom stereocenters. The predicted molar refractivity (Wildman–Crippen MR) is 82.5 cm³/mol. The highest BCUT2D eigenvalue weighted by Gasteiger charge is 2.30. The largest absolute Gasteiger partial charge is 0.369 e. The van der Waals surface area contributed by atoms with Gasteiger partial charge in [0.25, 0.3) is 0 Å². The van der Waals surface area contributed by atoms with Gasteiger partial charge in [0.1, 0.15) is 6.10 Å². The number of nitrogens with zero attached hydrogens (tertiary/aromatic N) is 1. The van der Waals surface area contributed by atoms with Crippen molar-refractivity contribution in [3.63, 3.8) is 0 Å². The second kappa shape index (κ2) is 7.41. The third-order valence-corrected chi connectivity index (χ3v) is 4.81. The molecule has 1 amide bonds. The number of amides is 1. The van der Waals surface area contributed by atoms with E-state index in [4.69, 9.17) is 4.74 Å². The van der Waals surface area contributed by atoms with Crippen LogP contribution in [-0.4, -0.2) is 43.1 Å². The van der Waals surface area contributed by atoms with Crippen LogP contribution in [0.4, 0.5) is 0 Å². The molecule has 2 saturated heterocycles. The lowest BCUT2D eigenvalue weighted by Gasteiger charge is -2.35. The maximum atomic E-state index is 12.5. The lowest BCUT2D eigenvalue weighted by Crippen LogP contribution is -2.52. The van der Waals surface area contributed by atoms with Crippen molar-refractivity contribution in [2.45, 2.75) is 31.4 Å². The van der Waals surface area contributed by atoms with Crippen molar-refractivity contribution in [2.24, 2.45) is 0 Å². The van der Waals surface area contributed by atoms with E-state index in [0.29, 0.717) is 13.2 Å². The molecule has 2 aliphatic rings. The predicted octanol–water partition coefficient (Wildman–Crippen LogP) is 2.21. The average molecular weight is 317 g/mol. The summed E-state index contributed by atoms with van der Waals surface area (Å²) in [5.74, 6) is 0.254. The molecule has 6 heteroatoms. The number of carbonyl (C=O) groups is 1. The minimum atomic E-state index is 0. The van der Waals surface area contributed by atoms with Crippen LogP contribution >= 0.6 is 23.7 Å². The number of hydrogen-bond donors (Lipinski definition) is 1. The fourth-order valence-electron chi connectivity index (χ4n) is 2.78. The van der Waals surface area contributed by atoms with E-state index in [1.54, 1.807) is 11.3 Å². The Labute approximate surface area is 129 Å². The lowest BCUT2D eigenvalue weighted by atomic mass is 10.0. The minimum absolute atomic E-state index is 0. The molecular weight excluding hydrogens is 296 g/mol. The highest BCUT2D eigenvalue weighted by Crippen LogP contribution is 2.26. The van der Waals surface area contributed by atoms with Gasteiger partial charge in [-0.2, -0.15) is 0 Å². The van der Waals surface area contributed by atoms with Crippen LogP contribution in [0, 0.1) is 0 Å². The number of carbonyl (C=O) groups excluding carboxylic acids is 1. The first-order chi connectivity index (χ1) is 9.34. The zero-order valence-electron chi connectivity index (χ0n) is 11.4. The summed E-state index contributed by atoms with van der Waals surface area (Å²) >= 11 is 1.70. The van der Waals surface area contributed by atoms with Gasteiger partial charge in [-0.25, -0.2) is 0 Å². The van der Waals surface area contributed by atoms with Crippen molar-refractivity contribution >= 4 is 29.7 Å². The van der Waals surface area contributed by atoms with Gasteiger partial charge in [-0.05, 0) is 30.8 Å². The van der Waals surface area contributed by atoms with Crippen molar-refractivity contribution in [1.82, 2.24) is 10.2 Å². The van der Waals surface area contributed by atoms with Crippen LogP contribution in [0.3, 0.4) is 0 Å². The summed E-state index contributed by atoms with van der Waals surface area (Å²) < 4.78 is 5.79. The number of thiophene rings is 1. The quantitative estimate of drug-likeness (QED) is 0.909. The molecule has 3 heterocycles. The molecule has 2 atom stereocenters. The Morgan fingerprint density at radius 1 is 1.45 bits per heavy atom. The van der Waals surface area contributed by atoms with E-state index in [1.165, 1.54) is 11.3 Å². The smallest absolute Gasteiger partial charge is 0.239 e. The molecule has 0 aliphatic carbocycles. The van der Waals surface area contributed by atoms with Gasteiger partial charge in [0.15, 0.2) is 0 Å². The number of rotatable bonds is 2. The molecule has 1 aromatic rings. The van der Waals surface area contributed by atoms with E-state index < -0.39 is 0 Å². The molecule has 20 heavy (non-hydrogen) atoms. The first-order valence-electron chi connectivity index (χ1n) is 7.02. The Morgan fingerprint density at radius 2 is 2.35 bits per heavy atom. The molecule has 0 saturated carbocycles. The summed E-state index contributed by atoms with van der Waals surface area (Å²) in [7, 11) is 0. The Kier molecular flexibility index (Phi) is 5.84. The van der Waals surface area contributed by atoms with Gasteiger partial charge in [0.2, 0.25) is 5.91 Å². The van der Waals surface area contributed by atoms with Gasteiger partial charge in [-0.3, -0.25) is 4.79 Å². The number of piperidine rings is 1. The molecule has 4 nitrogen and oxygen atoms in total. The highest BCUT2D eigenvalue weighted by atomic mass is 35.5. The maximum absolute atomic E-state index is 12.5. The van der Waals surface area contributed by atoms with Crippen molar-refractivity contribution in [2.75, 3.05) is 26.2 Å². The Balaban J connectivity index is 0.00000147. The number of morpholine rings is 1. The lowest BCUT2D eigenvalue weighted by molar-refractivity contribution is -0.141. The summed E-state index contributed by atoms with van der Waals surface area (Å²) in [6.07, 6.45) is 3.37. The fourth-order valence-corrected chi connectivity index (χ4v) is 3.54. The molecular formula is C14H21ClN2O2S. The average Bonchev–Trinajstić information content (AvgIpc) is 3.02. The molecule has 0 radical (unpaired) electrons. The number of hydrogen-bond acceptors (Lipinski definition) is 4. The molecule has 1 N–H and O–H groups in total. The number of halogens is 1. The van der Waals surface area contributed by atoms with Crippen molar-refractivity contribution in [3.8, 4) is 0 Å². The minimum Gasteiger partial charge on any atom is -0.369 e. The third-order valence-electron chi connectivity index (χ3n) is 3.85. The second-order valence-electron chi connectivity index (χ2n) is 5.16.